The van der Waals surface area contributed by atoms with E-state index in [9.17, 15) is 26.4 Å². The average molecular weight is 592 g/mol. The first kappa shape index (κ1) is 28.9. The van der Waals surface area contributed by atoms with Crippen molar-refractivity contribution in [3.05, 3.63) is 60.3 Å². The standard InChI is InChI=1S/C28H32F3N5O4S/c1-19-17-26(2,3)18-35(19)24-21(25(37)34-41(38,39)20-7-5-4-6-8-20)9-10-22(32-24)36-15-11-23(33-36)40-16-14-27(12-13-27)28(29,30)31/h4-11,15,19H,12-14,16-18H2,1-3H3,(H,34,37)/t19-/m0/s1. The van der Waals surface area contributed by atoms with Crippen molar-refractivity contribution in [1.29, 1.82) is 0 Å². The maximum Gasteiger partial charge on any atom is 0.394 e. The second kappa shape index (κ2) is 10.3. The first-order valence-electron chi connectivity index (χ1n) is 13.4. The molecule has 1 aliphatic carbocycles. The maximum atomic E-state index is 13.3. The van der Waals surface area contributed by atoms with E-state index in [1.807, 2.05) is 11.8 Å². The molecule has 1 amide bonds. The predicted molar refractivity (Wildman–Crippen MR) is 145 cm³/mol. The fraction of sp³-hybridized carbons (Fsp3) is 0.464. The summed E-state index contributed by atoms with van der Waals surface area (Å²) in [5.41, 5.74) is -1.64. The van der Waals surface area contributed by atoms with Gasteiger partial charge in [0.05, 0.1) is 22.5 Å². The van der Waals surface area contributed by atoms with E-state index in [0.717, 1.165) is 6.42 Å². The molecule has 3 aromatic rings. The molecule has 1 aliphatic heterocycles. The number of hydrogen-bond acceptors (Lipinski definition) is 7. The van der Waals surface area contributed by atoms with Crippen molar-refractivity contribution >= 4 is 21.7 Å². The molecule has 0 spiro atoms. The van der Waals surface area contributed by atoms with Gasteiger partial charge >= 0.3 is 6.18 Å². The molecule has 220 valence electrons. The molecule has 1 aromatic carbocycles. The van der Waals surface area contributed by atoms with Crippen LogP contribution in [0.3, 0.4) is 0 Å². The number of benzene rings is 1. The first-order valence-corrected chi connectivity index (χ1v) is 14.8. The SMILES string of the molecule is C[C@H]1CC(C)(C)CN1c1nc(-n2ccc(OCCC3(C(F)(F)F)CC3)n2)ccc1C(=O)NS(=O)(=O)c1ccccc1. The average Bonchev–Trinajstić information content (AvgIpc) is 3.47. The quantitative estimate of drug-likeness (QED) is 0.368. The van der Waals surface area contributed by atoms with E-state index in [2.05, 4.69) is 23.7 Å². The summed E-state index contributed by atoms with van der Waals surface area (Å²) >= 11 is 0. The summed E-state index contributed by atoms with van der Waals surface area (Å²) in [5, 5.41) is 4.31. The van der Waals surface area contributed by atoms with Gasteiger partial charge in [-0.1, -0.05) is 32.0 Å². The second-order valence-corrected chi connectivity index (χ2v) is 13.3. The van der Waals surface area contributed by atoms with E-state index in [1.54, 1.807) is 24.4 Å². The predicted octanol–water partition coefficient (Wildman–Crippen LogP) is 5.12. The Bertz CT molecular complexity index is 1540. The van der Waals surface area contributed by atoms with Crippen LogP contribution >= 0.6 is 0 Å². The highest BCUT2D eigenvalue weighted by Crippen LogP contribution is 2.59. The Hall–Kier alpha value is -3.61. The van der Waals surface area contributed by atoms with Crippen LogP contribution in [0.2, 0.25) is 0 Å². The van der Waals surface area contributed by atoms with Crippen LogP contribution in [0.25, 0.3) is 5.82 Å². The third-order valence-electron chi connectivity index (χ3n) is 7.72. The van der Waals surface area contributed by atoms with E-state index in [-0.39, 0.29) is 53.7 Å². The normalized spacial score (nSPS) is 19.7. The van der Waals surface area contributed by atoms with Gasteiger partial charge in [-0.25, -0.2) is 22.8 Å². The minimum Gasteiger partial charge on any atom is -0.477 e. The molecule has 41 heavy (non-hydrogen) atoms. The van der Waals surface area contributed by atoms with Crippen molar-refractivity contribution in [2.24, 2.45) is 10.8 Å². The first-order chi connectivity index (χ1) is 19.2. The number of pyridine rings is 1. The molecule has 1 atom stereocenters. The number of sulfonamides is 1. The van der Waals surface area contributed by atoms with Crippen LogP contribution in [0.4, 0.5) is 19.0 Å². The Labute approximate surface area is 236 Å². The van der Waals surface area contributed by atoms with Gasteiger partial charge in [0.25, 0.3) is 15.9 Å². The lowest BCUT2D eigenvalue weighted by Crippen LogP contribution is -2.35. The molecule has 0 bridgehead atoms. The third-order valence-corrected chi connectivity index (χ3v) is 9.07. The van der Waals surface area contributed by atoms with Gasteiger partial charge in [-0.05, 0) is 62.3 Å². The summed E-state index contributed by atoms with van der Waals surface area (Å²) in [7, 11) is -4.12. The minimum absolute atomic E-state index is 0.0184. The molecule has 2 aliphatic rings. The second-order valence-electron chi connectivity index (χ2n) is 11.6. The zero-order valence-electron chi connectivity index (χ0n) is 23.0. The van der Waals surface area contributed by atoms with Gasteiger partial charge < -0.3 is 9.64 Å². The lowest BCUT2D eigenvalue weighted by atomic mass is 9.91. The summed E-state index contributed by atoms with van der Waals surface area (Å²) in [6, 6.07) is 12.2. The van der Waals surface area contributed by atoms with Gasteiger partial charge in [-0.2, -0.15) is 13.2 Å². The highest BCUT2D eigenvalue weighted by Gasteiger charge is 2.62. The van der Waals surface area contributed by atoms with Crippen molar-refractivity contribution in [3.8, 4) is 11.7 Å². The Balaban J connectivity index is 1.39. The molecule has 0 unspecified atom stereocenters. The fourth-order valence-electron chi connectivity index (χ4n) is 5.36. The molecule has 2 aromatic heterocycles. The highest BCUT2D eigenvalue weighted by molar-refractivity contribution is 7.90. The number of hydrogen-bond donors (Lipinski definition) is 1. The zero-order chi connectivity index (χ0) is 29.6. The molecule has 0 radical (unpaired) electrons. The molecule has 1 saturated heterocycles. The number of amides is 1. The van der Waals surface area contributed by atoms with E-state index in [1.165, 1.54) is 35.0 Å². The van der Waals surface area contributed by atoms with Gasteiger partial charge in [0.15, 0.2) is 5.82 Å². The van der Waals surface area contributed by atoms with Gasteiger partial charge in [-0.3, -0.25) is 4.79 Å². The number of alkyl halides is 3. The number of rotatable bonds is 9. The molecule has 1 N–H and O–H groups in total. The topological polar surface area (TPSA) is 106 Å². The number of ether oxygens (including phenoxy) is 1. The van der Waals surface area contributed by atoms with E-state index in [0.29, 0.717) is 18.2 Å². The Morgan fingerprint density at radius 3 is 2.44 bits per heavy atom. The molecular formula is C28H32F3N5O4S. The van der Waals surface area contributed by atoms with Crippen molar-refractivity contribution < 1.29 is 31.1 Å². The van der Waals surface area contributed by atoms with Crippen molar-refractivity contribution in [1.82, 2.24) is 19.5 Å². The maximum absolute atomic E-state index is 13.3. The molecular weight excluding hydrogens is 559 g/mol. The van der Waals surface area contributed by atoms with Crippen LogP contribution in [0.1, 0.15) is 56.8 Å². The molecule has 1 saturated carbocycles. The minimum atomic E-state index is -4.24. The smallest absolute Gasteiger partial charge is 0.394 e. The van der Waals surface area contributed by atoms with Crippen LogP contribution in [0, 0.1) is 10.8 Å². The fourth-order valence-corrected chi connectivity index (χ4v) is 6.35. The molecule has 13 heteroatoms. The van der Waals surface area contributed by atoms with Gasteiger partial charge in [-0.15, -0.1) is 5.10 Å². The zero-order valence-corrected chi connectivity index (χ0v) is 23.8. The van der Waals surface area contributed by atoms with Crippen LogP contribution < -0.4 is 14.4 Å². The Kier molecular flexibility index (Phi) is 7.29. The van der Waals surface area contributed by atoms with Gasteiger partial charge in [0.2, 0.25) is 5.88 Å². The molecule has 9 nitrogen and oxygen atoms in total. The van der Waals surface area contributed by atoms with E-state index in [4.69, 9.17) is 9.72 Å². The summed E-state index contributed by atoms with van der Waals surface area (Å²) < 4.78 is 74.4. The third kappa shape index (κ3) is 6.04. The van der Waals surface area contributed by atoms with Gasteiger partial charge in [0, 0.05) is 24.8 Å². The number of halogens is 3. The van der Waals surface area contributed by atoms with E-state index < -0.39 is 27.5 Å². The van der Waals surface area contributed by atoms with Gasteiger partial charge in [0.1, 0.15) is 5.82 Å². The Morgan fingerprint density at radius 1 is 1.12 bits per heavy atom. The highest BCUT2D eigenvalue weighted by atomic mass is 32.2. The number of anilines is 1. The lowest BCUT2D eigenvalue weighted by molar-refractivity contribution is -0.190. The molecule has 3 heterocycles. The van der Waals surface area contributed by atoms with Crippen LogP contribution in [-0.2, 0) is 10.0 Å². The number of aromatic nitrogens is 3. The van der Waals surface area contributed by atoms with Crippen LogP contribution in [-0.4, -0.2) is 54.5 Å². The number of nitrogens with zero attached hydrogens (tertiary/aromatic N) is 4. The number of carbonyl (C=O) groups excluding carboxylic acids is 1. The number of nitrogens with one attached hydrogen (secondary N) is 1. The summed E-state index contributed by atoms with van der Waals surface area (Å²) in [5.74, 6) is -0.0240. The van der Waals surface area contributed by atoms with E-state index >= 15 is 0 Å². The largest absolute Gasteiger partial charge is 0.477 e. The summed E-state index contributed by atoms with van der Waals surface area (Å²) in [4.78, 5) is 20.0. The van der Waals surface area contributed by atoms with Crippen molar-refractivity contribution in [2.45, 2.75) is 63.6 Å². The lowest BCUT2D eigenvalue weighted by Gasteiger charge is -2.26. The summed E-state index contributed by atoms with van der Waals surface area (Å²) in [6.07, 6.45) is -1.76. The summed E-state index contributed by atoms with van der Waals surface area (Å²) in [6.45, 7) is 6.69. The molecule has 5 rings (SSSR count). The van der Waals surface area contributed by atoms with Crippen molar-refractivity contribution in [3.63, 3.8) is 0 Å². The van der Waals surface area contributed by atoms with Crippen molar-refractivity contribution in [2.75, 3.05) is 18.1 Å². The number of carbonyl (C=O) groups is 1. The van der Waals surface area contributed by atoms with Crippen LogP contribution in [0.15, 0.2) is 59.6 Å². The Morgan fingerprint density at radius 2 is 1.83 bits per heavy atom. The van der Waals surface area contributed by atoms with Crippen LogP contribution in [0.5, 0.6) is 5.88 Å². The molecule has 2 fully saturated rings. The monoisotopic (exact) mass is 591 g/mol.